The van der Waals surface area contributed by atoms with Crippen LogP contribution in [-0.4, -0.2) is 36.6 Å². The van der Waals surface area contributed by atoms with E-state index in [-0.39, 0.29) is 24.1 Å². The van der Waals surface area contributed by atoms with E-state index in [1.165, 1.54) is 12.1 Å². The largest absolute Gasteiger partial charge is 0.423 e. The molecule has 0 aromatic heterocycles. The van der Waals surface area contributed by atoms with Crippen LogP contribution in [0, 0.1) is 23.6 Å². The number of carbonyl (C=O) groups excluding carboxylic acids is 1. The van der Waals surface area contributed by atoms with Crippen molar-refractivity contribution in [1.29, 1.82) is 0 Å². The van der Waals surface area contributed by atoms with Gasteiger partial charge in [-0.3, -0.25) is 0 Å². The molecule has 1 N–H and O–H groups in total. The number of halogens is 2. The molecule has 0 amide bonds. The average molecular weight is 434 g/mol. The van der Waals surface area contributed by atoms with E-state index in [1.807, 2.05) is 20.2 Å². The highest BCUT2D eigenvalue weighted by Gasteiger charge is 2.51. The number of aliphatic hydroxyl groups is 1. The van der Waals surface area contributed by atoms with Crippen molar-refractivity contribution in [2.45, 2.75) is 31.3 Å². The molecule has 2 fully saturated rings. The molecule has 2 aromatic rings. The zero-order valence-electron chi connectivity index (χ0n) is 17.4. The lowest BCUT2D eigenvalue weighted by Gasteiger charge is -2.45. The summed E-state index contributed by atoms with van der Waals surface area (Å²) in [7, 11) is 4.00. The first-order valence-corrected chi connectivity index (χ1v) is 10.3. The smallest absolute Gasteiger partial charge is 0.343 e. The van der Waals surface area contributed by atoms with Crippen LogP contribution < -0.4 is 4.74 Å². The van der Waals surface area contributed by atoms with Gasteiger partial charge in [0.25, 0.3) is 0 Å². The van der Waals surface area contributed by atoms with Crippen LogP contribution in [0.1, 0.15) is 41.6 Å². The van der Waals surface area contributed by atoms with Crippen LogP contribution in [0.4, 0.5) is 4.39 Å². The number of hydrogen-bond acceptors (Lipinski definition) is 4. The van der Waals surface area contributed by atoms with Crippen LogP contribution in [0.2, 0.25) is 0 Å². The molecule has 4 rings (SSSR count). The number of benzene rings is 2. The number of nitrogens with zero attached hydrogens (tertiary/aromatic N) is 1. The van der Waals surface area contributed by atoms with E-state index in [1.54, 1.807) is 30.3 Å². The second-order valence-corrected chi connectivity index (χ2v) is 8.87. The molecule has 0 aliphatic heterocycles. The summed E-state index contributed by atoms with van der Waals surface area (Å²) in [5, 5.41) is 11.8. The van der Waals surface area contributed by atoms with Crippen molar-refractivity contribution in [2.24, 2.45) is 17.8 Å². The van der Waals surface area contributed by atoms with E-state index in [2.05, 4.69) is 4.90 Å². The first kappa shape index (κ1) is 22.7. The Balaban J connectivity index is 0.00000256. The summed E-state index contributed by atoms with van der Waals surface area (Å²) in [6.07, 6.45) is 3.97. The maximum atomic E-state index is 14.5. The fraction of sp³-hybridized carbons (Fsp3) is 0.458. The standard InChI is InChI=1S/C24H28FNO3.ClH/c1-26(2)15-22-18-9-8-16(10-18)14-24(22,28)19-11-20(25)13-21(12-19)29-23(27)17-6-4-3-5-7-17;/h3-7,11-13,16,18,22,28H,8-10,14-15H2,1-2H3;1H. The van der Waals surface area contributed by atoms with Gasteiger partial charge in [0.05, 0.1) is 11.2 Å². The molecule has 4 atom stereocenters. The molecule has 2 aliphatic carbocycles. The third-order valence-corrected chi connectivity index (χ3v) is 6.52. The maximum Gasteiger partial charge on any atom is 0.343 e. The molecule has 162 valence electrons. The van der Waals surface area contributed by atoms with Crippen molar-refractivity contribution in [2.75, 3.05) is 20.6 Å². The molecular formula is C24H29ClFNO3. The number of rotatable bonds is 5. The molecule has 2 bridgehead atoms. The molecule has 0 heterocycles. The third-order valence-electron chi connectivity index (χ3n) is 6.52. The number of esters is 1. The third kappa shape index (κ3) is 4.53. The molecule has 30 heavy (non-hydrogen) atoms. The van der Waals surface area contributed by atoms with Crippen molar-refractivity contribution in [3.63, 3.8) is 0 Å². The van der Waals surface area contributed by atoms with Gasteiger partial charge in [0.2, 0.25) is 0 Å². The highest BCUT2D eigenvalue weighted by molar-refractivity contribution is 5.91. The van der Waals surface area contributed by atoms with Gasteiger partial charge in [-0.05, 0) is 75.0 Å². The van der Waals surface area contributed by atoms with Gasteiger partial charge >= 0.3 is 5.97 Å². The fourth-order valence-corrected chi connectivity index (χ4v) is 5.28. The molecule has 0 spiro atoms. The van der Waals surface area contributed by atoms with Crippen LogP contribution in [0.15, 0.2) is 48.5 Å². The van der Waals surface area contributed by atoms with Crippen molar-refractivity contribution in [1.82, 2.24) is 4.90 Å². The van der Waals surface area contributed by atoms with Gasteiger partial charge in [0.15, 0.2) is 0 Å². The Labute approximate surface area is 183 Å². The summed E-state index contributed by atoms with van der Waals surface area (Å²) in [6.45, 7) is 0.740. The van der Waals surface area contributed by atoms with Gasteiger partial charge in [-0.1, -0.05) is 24.6 Å². The molecule has 2 aliphatic rings. The Morgan fingerprint density at radius 2 is 1.93 bits per heavy atom. The highest BCUT2D eigenvalue weighted by atomic mass is 35.5. The van der Waals surface area contributed by atoms with Crippen LogP contribution >= 0.6 is 12.4 Å². The Kier molecular flexibility index (Phi) is 6.85. The van der Waals surface area contributed by atoms with E-state index in [9.17, 15) is 14.3 Å². The molecule has 6 heteroatoms. The van der Waals surface area contributed by atoms with E-state index < -0.39 is 17.4 Å². The quantitative estimate of drug-likeness (QED) is 0.550. The Hall–Kier alpha value is -1.95. The molecule has 0 radical (unpaired) electrons. The first-order chi connectivity index (χ1) is 13.8. The van der Waals surface area contributed by atoms with Gasteiger partial charge in [0, 0.05) is 18.5 Å². The molecule has 0 saturated heterocycles. The van der Waals surface area contributed by atoms with Gasteiger partial charge in [0.1, 0.15) is 11.6 Å². The molecular weight excluding hydrogens is 405 g/mol. The normalized spacial score (nSPS) is 27.6. The summed E-state index contributed by atoms with van der Waals surface area (Å²) in [6, 6.07) is 12.9. The van der Waals surface area contributed by atoms with Crippen molar-refractivity contribution < 1.29 is 19.0 Å². The lowest BCUT2D eigenvalue weighted by molar-refractivity contribution is -0.0893. The lowest BCUT2D eigenvalue weighted by Crippen LogP contribution is -2.47. The zero-order valence-corrected chi connectivity index (χ0v) is 18.2. The summed E-state index contributed by atoms with van der Waals surface area (Å²) >= 11 is 0. The highest BCUT2D eigenvalue weighted by Crippen LogP contribution is 2.54. The average Bonchev–Trinajstić information content (AvgIpc) is 3.08. The van der Waals surface area contributed by atoms with E-state index >= 15 is 0 Å². The Bertz CT molecular complexity index is 891. The van der Waals surface area contributed by atoms with Crippen LogP contribution in [0.3, 0.4) is 0 Å². The second-order valence-electron chi connectivity index (χ2n) is 8.87. The lowest BCUT2D eigenvalue weighted by atomic mass is 9.66. The van der Waals surface area contributed by atoms with Gasteiger partial charge in [-0.25, -0.2) is 9.18 Å². The predicted octanol–water partition coefficient (Wildman–Crippen LogP) is 4.65. The van der Waals surface area contributed by atoms with Gasteiger partial charge in [-0.2, -0.15) is 0 Å². The molecule has 4 nitrogen and oxygen atoms in total. The fourth-order valence-electron chi connectivity index (χ4n) is 5.28. The minimum absolute atomic E-state index is 0. The SMILES string of the molecule is CN(C)CC1C2CCC(C2)CC1(O)c1cc(F)cc(OC(=O)c2ccccc2)c1.Cl. The van der Waals surface area contributed by atoms with E-state index in [4.69, 9.17) is 4.74 Å². The minimum Gasteiger partial charge on any atom is -0.423 e. The van der Waals surface area contributed by atoms with Crippen molar-refractivity contribution in [3.05, 3.63) is 65.5 Å². The van der Waals surface area contributed by atoms with E-state index in [0.29, 0.717) is 29.4 Å². The molecule has 2 saturated carbocycles. The second kappa shape index (κ2) is 9.04. The van der Waals surface area contributed by atoms with E-state index in [0.717, 1.165) is 25.8 Å². The number of fused-ring (bicyclic) bond motifs is 2. The summed E-state index contributed by atoms with van der Waals surface area (Å²) in [5.41, 5.74) is -0.209. The van der Waals surface area contributed by atoms with Crippen molar-refractivity contribution >= 4 is 18.4 Å². The molecule has 4 unspecified atom stereocenters. The topological polar surface area (TPSA) is 49.8 Å². The van der Waals surface area contributed by atoms with Crippen LogP contribution in [0.5, 0.6) is 5.75 Å². The van der Waals surface area contributed by atoms with Crippen molar-refractivity contribution in [3.8, 4) is 5.75 Å². The summed E-state index contributed by atoms with van der Waals surface area (Å²) < 4.78 is 19.9. The minimum atomic E-state index is -1.12. The predicted molar refractivity (Wildman–Crippen MR) is 116 cm³/mol. The number of ether oxygens (including phenoxy) is 1. The first-order valence-electron chi connectivity index (χ1n) is 10.3. The van der Waals surface area contributed by atoms with Crippen LogP contribution in [0.25, 0.3) is 0 Å². The summed E-state index contributed by atoms with van der Waals surface area (Å²) in [5.74, 6) is -0.00253. The summed E-state index contributed by atoms with van der Waals surface area (Å²) in [4.78, 5) is 14.5. The Morgan fingerprint density at radius 1 is 1.20 bits per heavy atom. The number of hydrogen-bond donors (Lipinski definition) is 1. The Morgan fingerprint density at radius 3 is 2.63 bits per heavy atom. The molecule has 2 aromatic carbocycles. The van der Waals surface area contributed by atoms with Gasteiger partial charge < -0.3 is 14.7 Å². The maximum absolute atomic E-state index is 14.5. The monoisotopic (exact) mass is 433 g/mol. The number of carbonyl (C=O) groups is 1. The van der Waals surface area contributed by atoms with Gasteiger partial charge in [-0.15, -0.1) is 12.4 Å². The van der Waals surface area contributed by atoms with Crippen LogP contribution in [-0.2, 0) is 5.60 Å². The zero-order chi connectivity index (χ0) is 20.6.